The number of ether oxygens (including phenoxy) is 1. The molecular formula is C13H19ClN2O2. The first-order valence-electron chi connectivity index (χ1n) is 6.03. The SMILES string of the molecule is CCCCCOCc1ccc(/C(N)=N/O)cc1Cl. The van der Waals surface area contributed by atoms with Gasteiger partial charge in [-0.2, -0.15) is 0 Å². The fourth-order valence-electron chi connectivity index (χ4n) is 1.52. The van der Waals surface area contributed by atoms with E-state index in [1.54, 1.807) is 12.1 Å². The van der Waals surface area contributed by atoms with Gasteiger partial charge in [0.25, 0.3) is 0 Å². The summed E-state index contributed by atoms with van der Waals surface area (Å²) < 4.78 is 5.53. The monoisotopic (exact) mass is 270 g/mol. The highest BCUT2D eigenvalue weighted by Gasteiger charge is 2.05. The summed E-state index contributed by atoms with van der Waals surface area (Å²) in [5.74, 6) is 0.0484. The molecule has 0 radical (unpaired) electrons. The molecule has 100 valence electrons. The van der Waals surface area contributed by atoms with Crippen LogP contribution in [0.4, 0.5) is 0 Å². The third-order valence-electron chi connectivity index (χ3n) is 2.61. The molecule has 0 spiro atoms. The summed E-state index contributed by atoms with van der Waals surface area (Å²) in [4.78, 5) is 0. The van der Waals surface area contributed by atoms with Gasteiger partial charge in [-0.15, -0.1) is 0 Å². The summed E-state index contributed by atoms with van der Waals surface area (Å²) >= 11 is 6.10. The Labute approximate surface area is 112 Å². The third-order valence-corrected chi connectivity index (χ3v) is 2.96. The molecule has 1 aromatic rings. The molecule has 0 amide bonds. The molecular weight excluding hydrogens is 252 g/mol. The maximum atomic E-state index is 8.57. The molecule has 0 unspecified atom stereocenters. The second-order valence-electron chi connectivity index (χ2n) is 4.05. The van der Waals surface area contributed by atoms with Crippen LogP contribution in [0.2, 0.25) is 5.02 Å². The number of hydrogen-bond donors (Lipinski definition) is 2. The average molecular weight is 271 g/mol. The van der Waals surface area contributed by atoms with E-state index in [2.05, 4.69) is 12.1 Å². The van der Waals surface area contributed by atoms with E-state index in [0.717, 1.165) is 18.6 Å². The van der Waals surface area contributed by atoms with Crippen LogP contribution in [0.15, 0.2) is 23.4 Å². The van der Waals surface area contributed by atoms with Gasteiger partial charge in [0.1, 0.15) is 0 Å². The first-order chi connectivity index (χ1) is 8.69. The summed E-state index contributed by atoms with van der Waals surface area (Å²) in [6, 6.07) is 5.25. The van der Waals surface area contributed by atoms with E-state index in [1.807, 2.05) is 6.07 Å². The van der Waals surface area contributed by atoms with E-state index >= 15 is 0 Å². The van der Waals surface area contributed by atoms with Crippen molar-refractivity contribution < 1.29 is 9.94 Å². The highest BCUT2D eigenvalue weighted by molar-refractivity contribution is 6.31. The fraction of sp³-hybridized carbons (Fsp3) is 0.462. The Balaban J connectivity index is 2.52. The zero-order chi connectivity index (χ0) is 13.4. The summed E-state index contributed by atoms with van der Waals surface area (Å²) in [7, 11) is 0. The number of unbranched alkanes of at least 4 members (excludes halogenated alkanes) is 2. The minimum Gasteiger partial charge on any atom is -0.409 e. The highest BCUT2D eigenvalue weighted by Crippen LogP contribution is 2.19. The summed E-state index contributed by atoms with van der Waals surface area (Å²) in [5.41, 5.74) is 6.98. The maximum Gasteiger partial charge on any atom is 0.170 e. The molecule has 18 heavy (non-hydrogen) atoms. The first-order valence-corrected chi connectivity index (χ1v) is 6.41. The molecule has 3 N–H and O–H groups in total. The van der Waals surface area contributed by atoms with Crippen LogP contribution in [0.3, 0.4) is 0 Å². The van der Waals surface area contributed by atoms with Crippen molar-refractivity contribution in [3.63, 3.8) is 0 Å². The van der Waals surface area contributed by atoms with Crippen molar-refractivity contribution >= 4 is 17.4 Å². The van der Waals surface area contributed by atoms with Gasteiger partial charge in [-0.25, -0.2) is 0 Å². The Kier molecular flexibility index (Phi) is 6.54. The first kappa shape index (κ1) is 14.8. The zero-order valence-corrected chi connectivity index (χ0v) is 11.3. The van der Waals surface area contributed by atoms with Gasteiger partial charge >= 0.3 is 0 Å². The van der Waals surface area contributed by atoms with Crippen molar-refractivity contribution in [1.82, 2.24) is 0 Å². The fourth-order valence-corrected chi connectivity index (χ4v) is 1.75. The lowest BCUT2D eigenvalue weighted by Crippen LogP contribution is -2.13. The van der Waals surface area contributed by atoms with Crippen molar-refractivity contribution in [2.24, 2.45) is 10.9 Å². The predicted octanol–water partition coefficient (Wildman–Crippen LogP) is 3.14. The molecule has 4 nitrogen and oxygen atoms in total. The van der Waals surface area contributed by atoms with Crippen molar-refractivity contribution in [2.75, 3.05) is 6.61 Å². The van der Waals surface area contributed by atoms with Crippen LogP contribution in [0, 0.1) is 0 Å². The highest BCUT2D eigenvalue weighted by atomic mass is 35.5. The van der Waals surface area contributed by atoms with E-state index in [4.69, 9.17) is 27.3 Å². The summed E-state index contributed by atoms with van der Waals surface area (Å²) in [5, 5.41) is 12.1. The summed E-state index contributed by atoms with van der Waals surface area (Å²) in [6.07, 6.45) is 3.42. The van der Waals surface area contributed by atoms with Gasteiger partial charge in [-0.3, -0.25) is 0 Å². The Bertz CT molecular complexity index is 408. The van der Waals surface area contributed by atoms with E-state index in [0.29, 0.717) is 17.2 Å². The van der Waals surface area contributed by atoms with E-state index in [-0.39, 0.29) is 5.84 Å². The van der Waals surface area contributed by atoms with Gasteiger partial charge in [0, 0.05) is 17.2 Å². The lowest BCUT2D eigenvalue weighted by atomic mass is 10.1. The Morgan fingerprint density at radius 2 is 2.22 bits per heavy atom. The topological polar surface area (TPSA) is 67.8 Å². The second kappa shape index (κ2) is 7.95. The van der Waals surface area contributed by atoms with Gasteiger partial charge in [-0.1, -0.05) is 48.7 Å². The number of hydrogen-bond acceptors (Lipinski definition) is 3. The number of rotatable bonds is 7. The third kappa shape index (κ3) is 4.55. The molecule has 0 heterocycles. The number of halogens is 1. The molecule has 0 fully saturated rings. The van der Waals surface area contributed by atoms with Gasteiger partial charge in [-0.05, 0) is 18.1 Å². The van der Waals surface area contributed by atoms with Gasteiger partial charge in [0.05, 0.1) is 6.61 Å². The van der Waals surface area contributed by atoms with Crippen molar-refractivity contribution in [3.05, 3.63) is 34.3 Å². The normalized spacial score (nSPS) is 11.8. The van der Waals surface area contributed by atoms with Crippen LogP contribution in [0.25, 0.3) is 0 Å². The van der Waals surface area contributed by atoms with Crippen molar-refractivity contribution in [3.8, 4) is 0 Å². The Hall–Kier alpha value is -1.26. The van der Waals surface area contributed by atoms with Gasteiger partial charge in [0.15, 0.2) is 5.84 Å². The second-order valence-corrected chi connectivity index (χ2v) is 4.46. The minimum atomic E-state index is 0.0484. The molecule has 0 aromatic heterocycles. The zero-order valence-electron chi connectivity index (χ0n) is 10.5. The molecule has 0 saturated carbocycles. The molecule has 0 saturated heterocycles. The molecule has 1 rings (SSSR count). The van der Waals surface area contributed by atoms with E-state index < -0.39 is 0 Å². The molecule has 0 atom stereocenters. The molecule has 0 aliphatic heterocycles. The van der Waals surface area contributed by atoms with Gasteiger partial charge < -0.3 is 15.7 Å². The lowest BCUT2D eigenvalue weighted by molar-refractivity contribution is 0.117. The van der Waals surface area contributed by atoms with E-state index in [1.165, 1.54) is 12.8 Å². The largest absolute Gasteiger partial charge is 0.409 e. The maximum absolute atomic E-state index is 8.57. The van der Waals surface area contributed by atoms with Gasteiger partial charge in [0.2, 0.25) is 0 Å². The molecule has 1 aromatic carbocycles. The van der Waals surface area contributed by atoms with Crippen molar-refractivity contribution in [1.29, 1.82) is 0 Å². The Morgan fingerprint density at radius 1 is 1.44 bits per heavy atom. The van der Waals surface area contributed by atoms with Crippen LogP contribution in [-0.4, -0.2) is 17.6 Å². The number of nitrogens with zero attached hydrogens (tertiary/aromatic N) is 1. The molecule has 0 aliphatic carbocycles. The Morgan fingerprint density at radius 3 is 2.83 bits per heavy atom. The van der Waals surface area contributed by atoms with E-state index in [9.17, 15) is 0 Å². The number of amidine groups is 1. The molecule has 5 heteroatoms. The smallest absolute Gasteiger partial charge is 0.170 e. The van der Waals surface area contributed by atoms with Crippen LogP contribution in [-0.2, 0) is 11.3 Å². The van der Waals surface area contributed by atoms with Crippen LogP contribution in [0.5, 0.6) is 0 Å². The quantitative estimate of drug-likeness (QED) is 0.263. The van der Waals surface area contributed by atoms with Crippen molar-refractivity contribution in [2.45, 2.75) is 32.8 Å². The van der Waals surface area contributed by atoms with Crippen LogP contribution < -0.4 is 5.73 Å². The minimum absolute atomic E-state index is 0.0484. The predicted molar refractivity (Wildman–Crippen MR) is 73.1 cm³/mol. The lowest BCUT2D eigenvalue weighted by Gasteiger charge is -2.07. The molecule has 0 bridgehead atoms. The average Bonchev–Trinajstić information content (AvgIpc) is 2.39. The van der Waals surface area contributed by atoms with Crippen LogP contribution in [0.1, 0.15) is 37.3 Å². The summed E-state index contributed by atoms with van der Waals surface area (Å²) in [6.45, 7) is 3.38. The van der Waals surface area contributed by atoms with Crippen LogP contribution >= 0.6 is 11.6 Å². The standard InChI is InChI=1S/C13H19ClN2O2/c1-2-3-4-7-18-9-11-6-5-10(8-12(11)14)13(15)16-17/h5-6,8,17H,2-4,7,9H2,1H3,(H2,15,16). The number of nitrogens with two attached hydrogens (primary N) is 1. The number of oxime groups is 1. The number of benzene rings is 1. The molecule has 0 aliphatic rings.